The quantitative estimate of drug-likeness (QED) is 0.607. The number of hydrogen-bond acceptors (Lipinski definition) is 1. The Bertz CT molecular complexity index is 129. The van der Waals surface area contributed by atoms with Crippen LogP contribution in [0, 0.1) is 5.41 Å². The lowest BCUT2D eigenvalue weighted by atomic mass is 9.82. The van der Waals surface area contributed by atoms with Crippen LogP contribution in [-0.4, -0.2) is 6.54 Å². The third-order valence-corrected chi connectivity index (χ3v) is 2.47. The van der Waals surface area contributed by atoms with Gasteiger partial charge >= 0.3 is 0 Å². The Morgan fingerprint density at radius 1 is 1.42 bits per heavy atom. The maximum atomic E-state index is 5.75. The number of nitrogens with two attached hydrogens (primary N) is 1. The van der Waals surface area contributed by atoms with Crippen LogP contribution in [0.5, 0.6) is 0 Å². The van der Waals surface area contributed by atoms with Gasteiger partial charge in [0.2, 0.25) is 0 Å². The zero-order chi connectivity index (χ0) is 9.45. The van der Waals surface area contributed by atoms with Crippen molar-refractivity contribution < 1.29 is 0 Å². The van der Waals surface area contributed by atoms with Gasteiger partial charge in [0, 0.05) is 0 Å². The summed E-state index contributed by atoms with van der Waals surface area (Å²) in [4.78, 5) is 0. The average molecular weight is 169 g/mol. The highest BCUT2D eigenvalue weighted by atomic mass is 14.6. The Hall–Kier alpha value is -0.300. The molecule has 1 nitrogen and oxygen atoms in total. The third-order valence-electron chi connectivity index (χ3n) is 2.47. The summed E-state index contributed by atoms with van der Waals surface area (Å²) in [5, 5.41) is 0. The molecule has 0 saturated heterocycles. The van der Waals surface area contributed by atoms with Crippen LogP contribution in [0.1, 0.15) is 46.5 Å². The van der Waals surface area contributed by atoms with Gasteiger partial charge in [-0.05, 0) is 31.7 Å². The molecular formula is C11H23N. The van der Waals surface area contributed by atoms with Crippen LogP contribution < -0.4 is 5.73 Å². The van der Waals surface area contributed by atoms with Crippen molar-refractivity contribution in [3.63, 3.8) is 0 Å². The van der Waals surface area contributed by atoms with Gasteiger partial charge in [-0.15, -0.1) is 0 Å². The van der Waals surface area contributed by atoms with E-state index in [1.54, 1.807) is 0 Å². The molecule has 0 amide bonds. The van der Waals surface area contributed by atoms with Crippen molar-refractivity contribution in [3.8, 4) is 0 Å². The minimum Gasteiger partial charge on any atom is -0.330 e. The first-order valence-corrected chi connectivity index (χ1v) is 4.99. The Morgan fingerprint density at radius 2 is 2.08 bits per heavy atom. The first kappa shape index (κ1) is 11.7. The summed E-state index contributed by atoms with van der Waals surface area (Å²) >= 11 is 0. The molecule has 1 atom stereocenters. The predicted molar refractivity (Wildman–Crippen MR) is 56.1 cm³/mol. The lowest BCUT2D eigenvalue weighted by Crippen LogP contribution is -2.26. The third kappa shape index (κ3) is 4.55. The fourth-order valence-corrected chi connectivity index (χ4v) is 1.29. The number of allylic oxidation sites excluding steroid dienone is 2. The van der Waals surface area contributed by atoms with Gasteiger partial charge in [0.25, 0.3) is 0 Å². The van der Waals surface area contributed by atoms with Crippen molar-refractivity contribution >= 4 is 0 Å². The van der Waals surface area contributed by atoms with Crippen molar-refractivity contribution in [2.45, 2.75) is 46.5 Å². The van der Waals surface area contributed by atoms with Crippen LogP contribution in [0.2, 0.25) is 0 Å². The van der Waals surface area contributed by atoms with Gasteiger partial charge in [0.1, 0.15) is 0 Å². The molecule has 0 rings (SSSR count). The summed E-state index contributed by atoms with van der Waals surface area (Å²) in [6, 6.07) is 0. The molecule has 1 unspecified atom stereocenters. The summed E-state index contributed by atoms with van der Waals surface area (Å²) in [6.45, 7) is 7.38. The predicted octanol–water partition coefficient (Wildman–Crippen LogP) is 3.11. The van der Waals surface area contributed by atoms with E-state index in [9.17, 15) is 0 Å². The van der Waals surface area contributed by atoms with Crippen molar-refractivity contribution in [2.75, 3.05) is 6.54 Å². The Morgan fingerprint density at radius 3 is 2.50 bits per heavy atom. The summed E-state index contributed by atoms with van der Waals surface area (Å²) in [5.74, 6) is 0. The van der Waals surface area contributed by atoms with E-state index in [0.717, 1.165) is 13.0 Å². The molecule has 0 heterocycles. The highest BCUT2D eigenvalue weighted by Gasteiger charge is 2.19. The second-order valence-electron chi connectivity index (χ2n) is 3.89. The van der Waals surface area contributed by atoms with E-state index in [1.165, 1.54) is 19.3 Å². The van der Waals surface area contributed by atoms with Crippen LogP contribution in [0.25, 0.3) is 0 Å². The molecule has 0 aliphatic heterocycles. The first-order chi connectivity index (χ1) is 5.68. The molecule has 0 bridgehead atoms. The minimum absolute atomic E-state index is 0.336. The second-order valence-corrected chi connectivity index (χ2v) is 3.89. The summed E-state index contributed by atoms with van der Waals surface area (Å²) in [5.41, 5.74) is 6.09. The van der Waals surface area contributed by atoms with Gasteiger partial charge in [0.05, 0.1) is 0 Å². The van der Waals surface area contributed by atoms with E-state index < -0.39 is 0 Å². The molecule has 0 fully saturated rings. The van der Waals surface area contributed by atoms with E-state index in [0.29, 0.717) is 5.41 Å². The molecule has 0 aliphatic carbocycles. The molecule has 12 heavy (non-hydrogen) atoms. The van der Waals surface area contributed by atoms with Gasteiger partial charge in [-0.2, -0.15) is 0 Å². The number of rotatable bonds is 6. The number of hydrogen-bond donors (Lipinski definition) is 1. The Kier molecular flexibility index (Phi) is 6.09. The van der Waals surface area contributed by atoms with Gasteiger partial charge in [-0.3, -0.25) is 0 Å². The summed E-state index contributed by atoms with van der Waals surface area (Å²) < 4.78 is 0. The molecule has 0 radical (unpaired) electrons. The summed E-state index contributed by atoms with van der Waals surface area (Å²) in [6.07, 6.45) is 9.28. The Balaban J connectivity index is 3.86. The monoisotopic (exact) mass is 169 g/mol. The maximum absolute atomic E-state index is 5.75. The van der Waals surface area contributed by atoms with E-state index in [4.69, 9.17) is 5.73 Å². The van der Waals surface area contributed by atoms with E-state index >= 15 is 0 Å². The zero-order valence-corrected chi connectivity index (χ0v) is 8.77. The maximum Gasteiger partial charge on any atom is -0.00202 e. The molecule has 0 spiro atoms. The van der Waals surface area contributed by atoms with Crippen molar-refractivity contribution in [2.24, 2.45) is 11.1 Å². The van der Waals surface area contributed by atoms with Crippen LogP contribution in [0.4, 0.5) is 0 Å². The van der Waals surface area contributed by atoms with Gasteiger partial charge in [0.15, 0.2) is 0 Å². The average Bonchev–Trinajstić information content (AvgIpc) is 2.11. The number of unbranched alkanes of at least 4 members (excludes halogenated alkanes) is 1. The van der Waals surface area contributed by atoms with Crippen molar-refractivity contribution in [3.05, 3.63) is 12.2 Å². The molecular weight excluding hydrogens is 146 g/mol. The molecule has 72 valence electrons. The van der Waals surface area contributed by atoms with E-state index in [1.807, 2.05) is 0 Å². The molecule has 0 saturated carbocycles. The lowest BCUT2D eigenvalue weighted by Gasteiger charge is -2.26. The molecule has 0 aromatic rings. The highest BCUT2D eigenvalue weighted by molar-refractivity contribution is 4.87. The Labute approximate surface area is 77.0 Å². The van der Waals surface area contributed by atoms with E-state index in [-0.39, 0.29) is 0 Å². The largest absolute Gasteiger partial charge is 0.330 e. The molecule has 0 aromatic heterocycles. The first-order valence-electron chi connectivity index (χ1n) is 4.99. The SMILES string of the molecule is C/C=C/CC(C)(CN)CCCC. The van der Waals surface area contributed by atoms with Crippen LogP contribution in [0.3, 0.4) is 0 Å². The van der Waals surface area contributed by atoms with Gasteiger partial charge in [-0.1, -0.05) is 38.8 Å². The fourth-order valence-electron chi connectivity index (χ4n) is 1.29. The topological polar surface area (TPSA) is 26.0 Å². The van der Waals surface area contributed by atoms with Gasteiger partial charge in [-0.25, -0.2) is 0 Å². The summed E-state index contributed by atoms with van der Waals surface area (Å²) in [7, 11) is 0. The lowest BCUT2D eigenvalue weighted by molar-refractivity contribution is 0.302. The van der Waals surface area contributed by atoms with Crippen LogP contribution in [0.15, 0.2) is 12.2 Å². The zero-order valence-electron chi connectivity index (χ0n) is 8.77. The van der Waals surface area contributed by atoms with E-state index in [2.05, 4.69) is 32.9 Å². The minimum atomic E-state index is 0.336. The standard InChI is InChI=1S/C11H23N/c1-4-6-8-11(3,10-12)9-7-5-2/h4,6H,5,7-10,12H2,1-3H3/b6-4+. The van der Waals surface area contributed by atoms with Gasteiger partial charge < -0.3 is 5.73 Å². The smallest absolute Gasteiger partial charge is 0.00202 e. The molecule has 0 aliphatic rings. The van der Waals surface area contributed by atoms with Crippen LogP contribution in [-0.2, 0) is 0 Å². The normalized spacial score (nSPS) is 16.7. The van der Waals surface area contributed by atoms with Crippen molar-refractivity contribution in [1.82, 2.24) is 0 Å². The van der Waals surface area contributed by atoms with Crippen molar-refractivity contribution in [1.29, 1.82) is 0 Å². The highest BCUT2D eigenvalue weighted by Crippen LogP contribution is 2.27. The molecule has 2 N–H and O–H groups in total. The second kappa shape index (κ2) is 6.24. The fraction of sp³-hybridized carbons (Fsp3) is 0.818. The molecule has 0 aromatic carbocycles. The van der Waals surface area contributed by atoms with Crippen LogP contribution >= 0.6 is 0 Å². The molecule has 1 heteroatoms.